The third kappa shape index (κ3) is 3.37. The summed E-state index contributed by atoms with van der Waals surface area (Å²) < 4.78 is 1.97. The summed E-state index contributed by atoms with van der Waals surface area (Å²) >= 11 is 0. The van der Waals surface area contributed by atoms with Gasteiger partial charge in [-0.3, -0.25) is 4.68 Å². The molecule has 0 amide bonds. The SMILES string of the molecule is CCc1ccc(C(C)Nc2cnn(C(C)C)c2)cc1. The highest BCUT2D eigenvalue weighted by atomic mass is 15.3. The van der Waals surface area contributed by atoms with Gasteiger partial charge in [-0.1, -0.05) is 31.2 Å². The van der Waals surface area contributed by atoms with Crippen molar-refractivity contribution in [3.63, 3.8) is 0 Å². The number of hydrogen-bond acceptors (Lipinski definition) is 2. The zero-order valence-electron chi connectivity index (χ0n) is 12.2. The number of aryl methyl sites for hydroxylation is 1. The molecule has 19 heavy (non-hydrogen) atoms. The minimum Gasteiger partial charge on any atom is -0.376 e. The molecule has 0 spiro atoms. The maximum Gasteiger partial charge on any atom is 0.0731 e. The quantitative estimate of drug-likeness (QED) is 0.870. The van der Waals surface area contributed by atoms with E-state index in [1.807, 2.05) is 10.9 Å². The van der Waals surface area contributed by atoms with E-state index < -0.39 is 0 Å². The summed E-state index contributed by atoms with van der Waals surface area (Å²) in [6.07, 6.45) is 5.03. The van der Waals surface area contributed by atoms with Gasteiger partial charge >= 0.3 is 0 Å². The van der Waals surface area contributed by atoms with Crippen molar-refractivity contribution in [3.8, 4) is 0 Å². The monoisotopic (exact) mass is 257 g/mol. The largest absolute Gasteiger partial charge is 0.376 e. The fourth-order valence-corrected chi connectivity index (χ4v) is 2.07. The third-order valence-corrected chi connectivity index (χ3v) is 3.40. The predicted molar refractivity (Wildman–Crippen MR) is 80.5 cm³/mol. The standard InChI is InChI=1S/C16H23N3/c1-5-14-6-8-15(9-7-14)13(4)18-16-10-17-19(11-16)12(2)3/h6-13,18H,5H2,1-4H3. The molecule has 1 atom stereocenters. The minimum atomic E-state index is 0.288. The second kappa shape index (κ2) is 5.91. The zero-order valence-corrected chi connectivity index (χ0v) is 12.2. The van der Waals surface area contributed by atoms with Crippen LogP contribution in [-0.4, -0.2) is 9.78 Å². The van der Waals surface area contributed by atoms with Gasteiger partial charge in [0.1, 0.15) is 0 Å². The van der Waals surface area contributed by atoms with Gasteiger partial charge in [-0.05, 0) is 38.3 Å². The number of hydrogen-bond donors (Lipinski definition) is 1. The highest BCUT2D eigenvalue weighted by Gasteiger charge is 2.07. The molecule has 102 valence electrons. The first-order chi connectivity index (χ1) is 9.10. The van der Waals surface area contributed by atoms with Crippen molar-refractivity contribution >= 4 is 5.69 Å². The summed E-state index contributed by atoms with van der Waals surface area (Å²) in [5.41, 5.74) is 3.75. The van der Waals surface area contributed by atoms with Crippen molar-refractivity contribution in [3.05, 3.63) is 47.8 Å². The molecule has 3 heteroatoms. The van der Waals surface area contributed by atoms with Crippen LogP contribution < -0.4 is 5.32 Å². The van der Waals surface area contributed by atoms with Crippen LogP contribution >= 0.6 is 0 Å². The lowest BCUT2D eigenvalue weighted by Crippen LogP contribution is -2.06. The Morgan fingerprint density at radius 3 is 2.37 bits per heavy atom. The Labute approximate surface area is 115 Å². The van der Waals surface area contributed by atoms with E-state index in [1.54, 1.807) is 0 Å². The molecule has 2 aromatic rings. The van der Waals surface area contributed by atoms with E-state index in [1.165, 1.54) is 11.1 Å². The summed E-state index contributed by atoms with van der Waals surface area (Å²) in [6, 6.07) is 9.48. The minimum absolute atomic E-state index is 0.288. The Balaban J connectivity index is 2.04. The van der Waals surface area contributed by atoms with E-state index in [-0.39, 0.29) is 6.04 Å². The highest BCUT2D eigenvalue weighted by Crippen LogP contribution is 2.20. The zero-order chi connectivity index (χ0) is 13.8. The first kappa shape index (κ1) is 13.7. The van der Waals surface area contributed by atoms with Gasteiger partial charge in [0.25, 0.3) is 0 Å². The Morgan fingerprint density at radius 2 is 1.84 bits per heavy atom. The summed E-state index contributed by atoms with van der Waals surface area (Å²) in [6.45, 7) is 8.61. The number of nitrogens with one attached hydrogen (secondary N) is 1. The van der Waals surface area contributed by atoms with E-state index in [9.17, 15) is 0 Å². The number of benzene rings is 1. The fourth-order valence-electron chi connectivity index (χ4n) is 2.07. The molecule has 0 aliphatic heterocycles. The summed E-state index contributed by atoms with van der Waals surface area (Å²) in [5, 5.41) is 7.83. The van der Waals surface area contributed by atoms with Crippen molar-refractivity contribution in [2.45, 2.75) is 46.2 Å². The molecule has 0 bridgehead atoms. The predicted octanol–water partition coefficient (Wildman–Crippen LogP) is 4.20. The highest BCUT2D eigenvalue weighted by molar-refractivity contribution is 5.41. The number of nitrogens with zero attached hydrogens (tertiary/aromatic N) is 2. The molecule has 0 fully saturated rings. The van der Waals surface area contributed by atoms with Crippen LogP contribution in [0.3, 0.4) is 0 Å². The molecule has 1 N–H and O–H groups in total. The second-order valence-corrected chi connectivity index (χ2v) is 5.26. The first-order valence-corrected chi connectivity index (χ1v) is 6.99. The van der Waals surface area contributed by atoms with Crippen molar-refractivity contribution in [1.29, 1.82) is 0 Å². The molecular weight excluding hydrogens is 234 g/mol. The van der Waals surface area contributed by atoms with Crippen LogP contribution in [0.25, 0.3) is 0 Å². The average molecular weight is 257 g/mol. The van der Waals surface area contributed by atoms with Crippen molar-refractivity contribution in [1.82, 2.24) is 9.78 Å². The normalized spacial score (nSPS) is 12.7. The van der Waals surface area contributed by atoms with E-state index in [0.29, 0.717) is 6.04 Å². The van der Waals surface area contributed by atoms with Gasteiger partial charge < -0.3 is 5.32 Å². The lowest BCUT2D eigenvalue weighted by molar-refractivity contribution is 0.532. The molecule has 0 radical (unpaired) electrons. The van der Waals surface area contributed by atoms with Crippen LogP contribution in [0.4, 0.5) is 5.69 Å². The maximum atomic E-state index is 4.34. The molecule has 3 nitrogen and oxygen atoms in total. The van der Waals surface area contributed by atoms with Gasteiger partial charge in [0.2, 0.25) is 0 Å². The summed E-state index contributed by atoms with van der Waals surface area (Å²) in [7, 11) is 0. The van der Waals surface area contributed by atoms with Gasteiger partial charge in [-0.2, -0.15) is 5.10 Å². The molecule has 0 saturated carbocycles. The average Bonchev–Trinajstić information content (AvgIpc) is 2.87. The van der Waals surface area contributed by atoms with Crippen molar-refractivity contribution < 1.29 is 0 Å². The van der Waals surface area contributed by atoms with Crippen LogP contribution in [0.1, 0.15) is 50.9 Å². The maximum absolute atomic E-state index is 4.34. The van der Waals surface area contributed by atoms with Crippen molar-refractivity contribution in [2.24, 2.45) is 0 Å². The van der Waals surface area contributed by atoms with E-state index >= 15 is 0 Å². The molecule has 1 aromatic carbocycles. The summed E-state index contributed by atoms with van der Waals surface area (Å²) in [5.74, 6) is 0. The van der Waals surface area contributed by atoms with Crippen LogP contribution in [0.15, 0.2) is 36.7 Å². The Bertz CT molecular complexity index is 511. The van der Waals surface area contributed by atoms with Gasteiger partial charge in [-0.15, -0.1) is 0 Å². The molecule has 0 aliphatic carbocycles. The topological polar surface area (TPSA) is 29.9 Å². The second-order valence-electron chi connectivity index (χ2n) is 5.26. The van der Waals surface area contributed by atoms with Crippen molar-refractivity contribution in [2.75, 3.05) is 5.32 Å². The molecule has 2 rings (SSSR count). The molecule has 1 heterocycles. The van der Waals surface area contributed by atoms with Crippen LogP contribution in [-0.2, 0) is 6.42 Å². The third-order valence-electron chi connectivity index (χ3n) is 3.40. The Kier molecular flexibility index (Phi) is 4.25. The first-order valence-electron chi connectivity index (χ1n) is 6.99. The van der Waals surface area contributed by atoms with E-state index in [0.717, 1.165) is 12.1 Å². The smallest absolute Gasteiger partial charge is 0.0731 e. The molecular formula is C16H23N3. The van der Waals surface area contributed by atoms with E-state index in [2.05, 4.69) is 68.6 Å². The van der Waals surface area contributed by atoms with Gasteiger partial charge in [0.05, 0.1) is 11.9 Å². The van der Waals surface area contributed by atoms with Gasteiger partial charge in [0, 0.05) is 18.3 Å². The molecule has 0 saturated heterocycles. The lowest BCUT2D eigenvalue weighted by atomic mass is 10.1. The molecule has 1 unspecified atom stereocenters. The molecule has 0 aliphatic rings. The number of aromatic nitrogens is 2. The van der Waals surface area contributed by atoms with Gasteiger partial charge in [-0.25, -0.2) is 0 Å². The summed E-state index contributed by atoms with van der Waals surface area (Å²) in [4.78, 5) is 0. The molecule has 1 aromatic heterocycles. The van der Waals surface area contributed by atoms with Crippen LogP contribution in [0, 0.1) is 0 Å². The number of rotatable bonds is 5. The number of anilines is 1. The van der Waals surface area contributed by atoms with Gasteiger partial charge in [0.15, 0.2) is 0 Å². The van der Waals surface area contributed by atoms with Crippen LogP contribution in [0.2, 0.25) is 0 Å². The Morgan fingerprint density at radius 1 is 1.16 bits per heavy atom. The van der Waals surface area contributed by atoms with Crippen LogP contribution in [0.5, 0.6) is 0 Å². The van der Waals surface area contributed by atoms with E-state index in [4.69, 9.17) is 0 Å². The fraction of sp³-hybridized carbons (Fsp3) is 0.438. The Hall–Kier alpha value is -1.77. The lowest BCUT2D eigenvalue weighted by Gasteiger charge is -2.14.